The van der Waals surface area contributed by atoms with E-state index in [0.717, 1.165) is 57.1 Å². The zero-order valence-corrected chi connectivity index (χ0v) is 24.9. The van der Waals surface area contributed by atoms with E-state index in [0.29, 0.717) is 24.3 Å². The molecule has 1 aliphatic rings. The van der Waals surface area contributed by atoms with Gasteiger partial charge >= 0.3 is 0 Å². The lowest BCUT2D eigenvalue weighted by Gasteiger charge is -2.36. The first-order valence-corrected chi connectivity index (χ1v) is 15.7. The SMILES string of the molecule is O=C(NC(CCCc1ccccc1)CCCc1ccccc1)[C@@H]1CCCCN1C(=O)c1ccc(Oc2ccccc2)cc1. The van der Waals surface area contributed by atoms with Crippen molar-refractivity contribution in [3.63, 3.8) is 0 Å². The molecular weight excluding hydrogens is 532 g/mol. The molecule has 5 heteroatoms. The van der Waals surface area contributed by atoms with E-state index >= 15 is 0 Å². The predicted molar refractivity (Wildman–Crippen MR) is 172 cm³/mol. The second kappa shape index (κ2) is 15.7. The minimum atomic E-state index is -0.452. The molecule has 1 fully saturated rings. The predicted octanol–water partition coefficient (Wildman–Crippen LogP) is 8.00. The highest BCUT2D eigenvalue weighted by Crippen LogP contribution is 2.24. The van der Waals surface area contributed by atoms with Crippen LogP contribution in [0.2, 0.25) is 0 Å². The van der Waals surface area contributed by atoms with Crippen molar-refractivity contribution in [2.75, 3.05) is 6.54 Å². The Hall–Kier alpha value is -4.38. The van der Waals surface area contributed by atoms with Crippen LogP contribution in [0, 0.1) is 0 Å². The van der Waals surface area contributed by atoms with Crippen molar-refractivity contribution in [2.45, 2.75) is 69.9 Å². The third-order valence-corrected chi connectivity index (χ3v) is 8.21. The Morgan fingerprint density at radius 2 is 1.23 bits per heavy atom. The van der Waals surface area contributed by atoms with Crippen LogP contribution < -0.4 is 10.1 Å². The topological polar surface area (TPSA) is 58.6 Å². The second-order valence-corrected chi connectivity index (χ2v) is 11.4. The van der Waals surface area contributed by atoms with Gasteiger partial charge in [-0.3, -0.25) is 9.59 Å². The summed E-state index contributed by atoms with van der Waals surface area (Å²) in [7, 11) is 0. The Labute approximate surface area is 255 Å². The van der Waals surface area contributed by atoms with E-state index < -0.39 is 6.04 Å². The van der Waals surface area contributed by atoms with Crippen molar-refractivity contribution in [3.05, 3.63) is 132 Å². The van der Waals surface area contributed by atoms with Crippen LogP contribution >= 0.6 is 0 Å². The van der Waals surface area contributed by atoms with E-state index in [4.69, 9.17) is 4.74 Å². The molecule has 1 saturated heterocycles. The molecule has 1 aliphatic heterocycles. The molecule has 4 aromatic carbocycles. The van der Waals surface area contributed by atoms with Gasteiger partial charge in [0, 0.05) is 18.2 Å². The van der Waals surface area contributed by atoms with Crippen LogP contribution in [0.4, 0.5) is 0 Å². The number of benzene rings is 4. The Kier molecular flexibility index (Phi) is 11.0. The van der Waals surface area contributed by atoms with Crippen LogP contribution in [0.3, 0.4) is 0 Å². The maximum Gasteiger partial charge on any atom is 0.254 e. The summed E-state index contributed by atoms with van der Waals surface area (Å²) in [6.45, 7) is 0.589. The fourth-order valence-corrected chi connectivity index (χ4v) is 5.88. The van der Waals surface area contributed by atoms with Crippen molar-refractivity contribution in [2.24, 2.45) is 0 Å². The number of likely N-dealkylation sites (tertiary alicyclic amines) is 1. The van der Waals surface area contributed by atoms with Crippen LogP contribution in [0.25, 0.3) is 0 Å². The van der Waals surface area contributed by atoms with Crippen LogP contribution in [0.5, 0.6) is 11.5 Å². The first-order chi connectivity index (χ1) is 21.2. The molecule has 0 unspecified atom stereocenters. The molecule has 1 heterocycles. The van der Waals surface area contributed by atoms with Crippen molar-refractivity contribution >= 4 is 11.8 Å². The van der Waals surface area contributed by atoms with Crippen molar-refractivity contribution in [1.29, 1.82) is 0 Å². The Morgan fingerprint density at radius 1 is 0.698 bits per heavy atom. The highest BCUT2D eigenvalue weighted by Gasteiger charge is 2.33. The number of piperidine rings is 1. The van der Waals surface area contributed by atoms with Gasteiger partial charge in [0.05, 0.1) is 0 Å². The number of hydrogen-bond donors (Lipinski definition) is 1. The summed E-state index contributed by atoms with van der Waals surface area (Å²) in [6, 6.07) is 37.5. The maximum atomic E-state index is 13.8. The second-order valence-electron chi connectivity index (χ2n) is 11.4. The number of para-hydroxylation sites is 1. The minimum Gasteiger partial charge on any atom is -0.457 e. The van der Waals surface area contributed by atoms with E-state index in [1.54, 1.807) is 17.0 Å². The molecule has 0 aromatic heterocycles. The summed E-state index contributed by atoms with van der Waals surface area (Å²) in [5.74, 6) is 1.29. The number of aryl methyl sites for hydroxylation is 2. The maximum absolute atomic E-state index is 13.8. The van der Waals surface area contributed by atoms with Crippen molar-refractivity contribution < 1.29 is 14.3 Å². The number of nitrogens with zero attached hydrogens (tertiary/aromatic N) is 1. The van der Waals surface area contributed by atoms with Gasteiger partial charge < -0.3 is 15.0 Å². The molecule has 1 atom stereocenters. The van der Waals surface area contributed by atoms with Gasteiger partial charge in [0.25, 0.3) is 5.91 Å². The van der Waals surface area contributed by atoms with E-state index in [1.165, 1.54) is 11.1 Å². The Morgan fingerprint density at radius 3 is 1.81 bits per heavy atom. The zero-order valence-electron chi connectivity index (χ0n) is 24.9. The minimum absolute atomic E-state index is 0.0264. The first-order valence-electron chi connectivity index (χ1n) is 15.7. The number of carbonyl (C=O) groups is 2. The van der Waals surface area contributed by atoms with Gasteiger partial charge in [-0.1, -0.05) is 78.9 Å². The van der Waals surface area contributed by atoms with Crippen LogP contribution in [-0.2, 0) is 17.6 Å². The number of amides is 2. The lowest BCUT2D eigenvalue weighted by Crippen LogP contribution is -2.53. The smallest absolute Gasteiger partial charge is 0.254 e. The number of rotatable bonds is 13. The van der Waals surface area contributed by atoms with Crippen LogP contribution in [0.1, 0.15) is 66.4 Å². The van der Waals surface area contributed by atoms with E-state index in [-0.39, 0.29) is 17.9 Å². The summed E-state index contributed by atoms with van der Waals surface area (Å²) < 4.78 is 5.89. The van der Waals surface area contributed by atoms with Crippen molar-refractivity contribution in [3.8, 4) is 11.5 Å². The Bertz CT molecular complexity index is 1360. The average molecular weight is 575 g/mol. The molecule has 5 nitrogen and oxygen atoms in total. The van der Waals surface area contributed by atoms with Gasteiger partial charge in [0.15, 0.2) is 0 Å². The standard InChI is InChI=1S/C38H42N2O3/c41-37(39-33(20-12-18-30-14-4-1-5-15-30)21-13-19-31-16-6-2-7-17-31)36-24-10-11-29-40(36)38(42)32-25-27-35(28-26-32)43-34-22-8-3-9-23-34/h1-9,14-17,22-23,25-28,33,36H,10-13,18-21,24,29H2,(H,39,41)/t36-/m0/s1. The number of hydrogen-bond acceptors (Lipinski definition) is 3. The quantitative estimate of drug-likeness (QED) is 0.176. The summed E-state index contributed by atoms with van der Waals surface area (Å²) in [5.41, 5.74) is 3.21. The molecule has 222 valence electrons. The molecule has 0 spiro atoms. The largest absolute Gasteiger partial charge is 0.457 e. The highest BCUT2D eigenvalue weighted by atomic mass is 16.5. The molecule has 43 heavy (non-hydrogen) atoms. The third kappa shape index (κ3) is 9.05. The molecule has 0 aliphatic carbocycles. The number of nitrogens with one attached hydrogen (secondary N) is 1. The molecule has 0 saturated carbocycles. The van der Waals surface area contributed by atoms with Gasteiger partial charge in [-0.05, 0) is 105 Å². The normalized spacial score (nSPS) is 14.8. The summed E-state index contributed by atoms with van der Waals surface area (Å²) in [5, 5.41) is 3.38. The van der Waals surface area contributed by atoms with Crippen molar-refractivity contribution in [1.82, 2.24) is 10.2 Å². The van der Waals surface area contributed by atoms with Gasteiger partial charge in [0.1, 0.15) is 17.5 Å². The molecular formula is C38H42N2O3. The lowest BCUT2D eigenvalue weighted by atomic mass is 9.96. The van der Waals surface area contributed by atoms with E-state index in [2.05, 4.69) is 53.8 Å². The molecule has 0 bridgehead atoms. The molecule has 2 amide bonds. The third-order valence-electron chi connectivity index (χ3n) is 8.21. The van der Waals surface area contributed by atoms with Crippen LogP contribution in [-0.4, -0.2) is 35.3 Å². The Balaban J connectivity index is 1.21. The summed E-state index contributed by atoms with van der Waals surface area (Å²) >= 11 is 0. The zero-order chi connectivity index (χ0) is 29.7. The fraction of sp³-hybridized carbons (Fsp3) is 0.316. The lowest BCUT2D eigenvalue weighted by molar-refractivity contribution is -0.127. The highest BCUT2D eigenvalue weighted by molar-refractivity contribution is 5.97. The van der Waals surface area contributed by atoms with Gasteiger partial charge in [0.2, 0.25) is 5.91 Å². The molecule has 0 radical (unpaired) electrons. The number of ether oxygens (including phenoxy) is 1. The molecule has 1 N–H and O–H groups in total. The van der Waals surface area contributed by atoms with Crippen LogP contribution in [0.15, 0.2) is 115 Å². The van der Waals surface area contributed by atoms with Gasteiger partial charge in [-0.25, -0.2) is 0 Å². The fourth-order valence-electron chi connectivity index (χ4n) is 5.88. The van der Waals surface area contributed by atoms with E-state index in [1.807, 2.05) is 54.6 Å². The molecule has 4 aromatic rings. The van der Waals surface area contributed by atoms with Gasteiger partial charge in [-0.2, -0.15) is 0 Å². The first kappa shape index (κ1) is 30.1. The number of carbonyl (C=O) groups excluding carboxylic acids is 2. The monoisotopic (exact) mass is 574 g/mol. The van der Waals surface area contributed by atoms with E-state index in [9.17, 15) is 9.59 Å². The summed E-state index contributed by atoms with van der Waals surface area (Å²) in [4.78, 5) is 29.2. The summed E-state index contributed by atoms with van der Waals surface area (Å²) in [6.07, 6.45) is 8.36. The molecule has 5 rings (SSSR count). The van der Waals surface area contributed by atoms with Gasteiger partial charge in [-0.15, -0.1) is 0 Å². The average Bonchev–Trinajstić information content (AvgIpc) is 3.06.